The Labute approximate surface area is 93.1 Å². The monoisotopic (exact) mass is 244 g/mol. The Bertz CT molecular complexity index is 407. The summed E-state index contributed by atoms with van der Waals surface area (Å²) in [7, 11) is -3.95. The minimum absolute atomic E-state index is 0.255. The van der Waals surface area contributed by atoms with E-state index >= 15 is 0 Å². The van der Waals surface area contributed by atoms with Crippen LogP contribution >= 0.6 is 7.75 Å². The van der Waals surface area contributed by atoms with Crippen LogP contribution in [0.25, 0.3) is 0 Å². The third-order valence-corrected chi connectivity index (χ3v) is 2.46. The Morgan fingerprint density at radius 1 is 1.38 bits per heavy atom. The quantitative estimate of drug-likeness (QED) is 0.766. The Morgan fingerprint density at radius 2 is 1.94 bits per heavy atom. The van der Waals surface area contributed by atoms with Crippen LogP contribution in [0, 0.1) is 0 Å². The zero-order chi connectivity index (χ0) is 12.2. The van der Waals surface area contributed by atoms with Crippen molar-refractivity contribution in [2.75, 3.05) is 0 Å². The maximum absolute atomic E-state index is 11.6. The lowest BCUT2D eigenvalue weighted by molar-refractivity contribution is -0.135. The molecular formula is C9H13N2O4P. The van der Waals surface area contributed by atoms with Crippen LogP contribution in [0.3, 0.4) is 0 Å². The highest BCUT2D eigenvalue weighted by atomic mass is 31.2. The third-order valence-electron chi connectivity index (χ3n) is 1.56. The summed E-state index contributed by atoms with van der Waals surface area (Å²) in [6.07, 6.45) is 0. The van der Waals surface area contributed by atoms with E-state index < -0.39 is 19.8 Å². The standard InChI is InChI=1S/C9H13N2O4P/c1-7(10)9(12)15-16(11,13)14-8-5-3-2-4-6-8/h2-7H,10H2,1H3,(H2,11,13)/t7-,16?/m0/s1. The highest BCUT2D eigenvalue weighted by Crippen LogP contribution is 2.40. The summed E-state index contributed by atoms with van der Waals surface area (Å²) in [6.45, 7) is 1.39. The number of rotatable bonds is 4. The van der Waals surface area contributed by atoms with Gasteiger partial charge in [-0.15, -0.1) is 0 Å². The number of nitrogens with two attached hydrogens (primary N) is 2. The average Bonchev–Trinajstić information content (AvgIpc) is 2.17. The van der Waals surface area contributed by atoms with Crippen molar-refractivity contribution < 1.29 is 18.4 Å². The van der Waals surface area contributed by atoms with E-state index in [1.807, 2.05) is 0 Å². The van der Waals surface area contributed by atoms with Gasteiger partial charge in [-0.1, -0.05) is 18.2 Å². The zero-order valence-corrected chi connectivity index (χ0v) is 9.59. The molecule has 16 heavy (non-hydrogen) atoms. The lowest BCUT2D eigenvalue weighted by Crippen LogP contribution is -2.29. The molecular weight excluding hydrogens is 231 g/mol. The van der Waals surface area contributed by atoms with Crippen LogP contribution in [-0.2, 0) is 13.9 Å². The summed E-state index contributed by atoms with van der Waals surface area (Å²) in [5, 5.41) is 0. The molecule has 0 radical (unpaired) electrons. The van der Waals surface area contributed by atoms with Gasteiger partial charge in [0.05, 0.1) is 0 Å². The van der Waals surface area contributed by atoms with Crippen molar-refractivity contribution in [3.05, 3.63) is 30.3 Å². The summed E-state index contributed by atoms with van der Waals surface area (Å²) < 4.78 is 20.9. The lowest BCUT2D eigenvalue weighted by Gasteiger charge is -2.14. The summed E-state index contributed by atoms with van der Waals surface area (Å²) in [5.74, 6) is -0.618. The average molecular weight is 244 g/mol. The van der Waals surface area contributed by atoms with Gasteiger partial charge in [-0.3, -0.25) is 0 Å². The van der Waals surface area contributed by atoms with Crippen LogP contribution in [-0.4, -0.2) is 12.0 Å². The number of carbonyl (C=O) groups is 1. The van der Waals surface area contributed by atoms with Gasteiger partial charge in [0, 0.05) is 0 Å². The first-order chi connectivity index (χ1) is 7.41. The lowest BCUT2D eigenvalue weighted by atomic mass is 10.3. The minimum atomic E-state index is -3.95. The molecule has 0 aliphatic rings. The fraction of sp³-hybridized carbons (Fsp3) is 0.222. The smallest absolute Gasteiger partial charge is 0.405 e. The van der Waals surface area contributed by atoms with Crippen molar-refractivity contribution >= 4 is 13.7 Å². The van der Waals surface area contributed by atoms with E-state index in [-0.39, 0.29) is 5.75 Å². The van der Waals surface area contributed by atoms with E-state index in [2.05, 4.69) is 4.52 Å². The number of carbonyl (C=O) groups excluding carboxylic acids is 1. The fourth-order valence-electron chi connectivity index (χ4n) is 0.855. The first-order valence-corrected chi connectivity index (χ1v) is 6.14. The first kappa shape index (κ1) is 12.7. The van der Waals surface area contributed by atoms with Crippen molar-refractivity contribution in [3.8, 4) is 5.75 Å². The van der Waals surface area contributed by atoms with Gasteiger partial charge in [-0.2, -0.15) is 0 Å². The molecule has 1 rings (SSSR count). The van der Waals surface area contributed by atoms with Crippen LogP contribution in [0.2, 0.25) is 0 Å². The molecule has 4 N–H and O–H groups in total. The van der Waals surface area contributed by atoms with Gasteiger partial charge in [-0.25, -0.2) is 14.9 Å². The van der Waals surface area contributed by atoms with E-state index in [9.17, 15) is 9.36 Å². The van der Waals surface area contributed by atoms with Gasteiger partial charge in [-0.05, 0) is 19.1 Å². The highest BCUT2D eigenvalue weighted by Gasteiger charge is 2.26. The highest BCUT2D eigenvalue weighted by molar-refractivity contribution is 7.52. The molecule has 0 spiro atoms. The molecule has 1 unspecified atom stereocenters. The largest absolute Gasteiger partial charge is 0.512 e. The Balaban J connectivity index is 2.66. The number of para-hydroxylation sites is 1. The maximum atomic E-state index is 11.6. The second kappa shape index (κ2) is 5.12. The van der Waals surface area contributed by atoms with E-state index in [1.54, 1.807) is 30.3 Å². The van der Waals surface area contributed by atoms with Crippen LogP contribution in [0.1, 0.15) is 6.92 Å². The number of hydrogen-bond donors (Lipinski definition) is 2. The summed E-state index contributed by atoms with van der Waals surface area (Å²) >= 11 is 0. The molecule has 1 aromatic carbocycles. The minimum Gasteiger partial charge on any atom is -0.405 e. The summed E-state index contributed by atoms with van der Waals surface area (Å²) in [6, 6.07) is 7.27. The first-order valence-electron chi connectivity index (χ1n) is 4.53. The second-order valence-corrected chi connectivity index (χ2v) is 4.59. The van der Waals surface area contributed by atoms with Gasteiger partial charge < -0.3 is 14.8 Å². The Morgan fingerprint density at radius 3 is 2.44 bits per heavy atom. The van der Waals surface area contributed by atoms with Gasteiger partial charge in [0.1, 0.15) is 11.8 Å². The van der Waals surface area contributed by atoms with Crippen molar-refractivity contribution in [3.63, 3.8) is 0 Å². The molecule has 0 bridgehead atoms. The van der Waals surface area contributed by atoms with E-state index in [0.717, 1.165) is 0 Å². The third kappa shape index (κ3) is 4.02. The molecule has 2 atom stereocenters. The van der Waals surface area contributed by atoms with E-state index in [1.165, 1.54) is 6.92 Å². The SMILES string of the molecule is C[C@H](N)C(=O)OP(N)(=O)Oc1ccccc1. The van der Waals surface area contributed by atoms with Crippen LogP contribution in [0.15, 0.2) is 30.3 Å². The molecule has 0 saturated carbocycles. The summed E-state index contributed by atoms with van der Waals surface area (Å²) in [5.41, 5.74) is 10.5. The van der Waals surface area contributed by atoms with Crippen LogP contribution < -0.4 is 15.8 Å². The van der Waals surface area contributed by atoms with Crippen LogP contribution in [0.5, 0.6) is 5.75 Å². The summed E-state index contributed by atoms with van der Waals surface area (Å²) in [4.78, 5) is 11.1. The fourth-order valence-corrected chi connectivity index (χ4v) is 1.73. The van der Waals surface area contributed by atoms with Gasteiger partial charge in [0.25, 0.3) is 0 Å². The molecule has 0 fully saturated rings. The molecule has 1 aromatic rings. The topological polar surface area (TPSA) is 105 Å². The molecule has 0 aliphatic heterocycles. The molecule has 0 aromatic heterocycles. The molecule has 0 amide bonds. The van der Waals surface area contributed by atoms with Gasteiger partial charge >= 0.3 is 13.7 Å². The van der Waals surface area contributed by atoms with E-state index in [0.29, 0.717) is 0 Å². The molecule has 7 heteroatoms. The molecule has 0 aliphatic carbocycles. The molecule has 88 valence electrons. The van der Waals surface area contributed by atoms with Crippen molar-refractivity contribution in [1.82, 2.24) is 0 Å². The normalized spacial score (nSPS) is 15.9. The number of hydrogen-bond acceptors (Lipinski definition) is 5. The van der Waals surface area contributed by atoms with Gasteiger partial charge in [0.2, 0.25) is 0 Å². The van der Waals surface area contributed by atoms with Crippen LogP contribution in [0.4, 0.5) is 0 Å². The molecule has 0 saturated heterocycles. The second-order valence-electron chi connectivity index (χ2n) is 3.14. The molecule has 6 nitrogen and oxygen atoms in total. The van der Waals surface area contributed by atoms with Crippen molar-refractivity contribution in [2.24, 2.45) is 11.2 Å². The molecule has 0 heterocycles. The van der Waals surface area contributed by atoms with Crippen molar-refractivity contribution in [2.45, 2.75) is 13.0 Å². The predicted molar refractivity (Wildman–Crippen MR) is 58.6 cm³/mol. The van der Waals surface area contributed by atoms with E-state index in [4.69, 9.17) is 15.8 Å². The zero-order valence-electron chi connectivity index (χ0n) is 8.70. The predicted octanol–water partition coefficient (Wildman–Crippen LogP) is 1.02. The maximum Gasteiger partial charge on any atom is 0.512 e. The van der Waals surface area contributed by atoms with Gasteiger partial charge in [0.15, 0.2) is 0 Å². The Kier molecular flexibility index (Phi) is 4.06. The van der Waals surface area contributed by atoms with Crippen molar-refractivity contribution in [1.29, 1.82) is 0 Å². The Hall–Kier alpha value is -1.36. The number of benzene rings is 1.